The van der Waals surface area contributed by atoms with Gasteiger partial charge in [-0.3, -0.25) is 0 Å². The van der Waals surface area contributed by atoms with Crippen LogP contribution in [0.3, 0.4) is 0 Å². The molecule has 0 saturated heterocycles. The molecule has 1 aromatic rings. The third kappa shape index (κ3) is 2.61. The van der Waals surface area contributed by atoms with E-state index in [4.69, 9.17) is 6.42 Å². The van der Waals surface area contributed by atoms with Gasteiger partial charge in [-0.1, -0.05) is 0 Å². The first kappa shape index (κ1) is 10.8. The van der Waals surface area contributed by atoms with E-state index in [1.54, 1.807) is 12.5 Å². The van der Waals surface area contributed by atoms with Gasteiger partial charge in [0, 0.05) is 13.0 Å². The van der Waals surface area contributed by atoms with E-state index in [1.807, 2.05) is 11.5 Å². The van der Waals surface area contributed by atoms with Gasteiger partial charge < -0.3 is 9.67 Å². The largest absolute Gasteiger partial charge is 0.387 e. The lowest BCUT2D eigenvalue weighted by atomic mass is 10.1. The molecule has 1 atom stereocenters. The maximum atomic E-state index is 9.82. The lowest BCUT2D eigenvalue weighted by Crippen LogP contribution is -2.05. The van der Waals surface area contributed by atoms with Gasteiger partial charge in [-0.2, -0.15) is 0 Å². The molecular formula is C11H16N2O. The number of hydrogen-bond acceptors (Lipinski definition) is 2. The highest BCUT2D eigenvalue weighted by molar-refractivity contribution is 5.02. The maximum Gasteiger partial charge on any atom is 0.0956 e. The molecule has 0 spiro atoms. The zero-order valence-corrected chi connectivity index (χ0v) is 8.48. The Bertz CT molecular complexity index is 311. The molecule has 0 aliphatic heterocycles. The van der Waals surface area contributed by atoms with Crippen molar-refractivity contribution in [1.29, 1.82) is 0 Å². The molecule has 0 aromatic carbocycles. The Morgan fingerprint density at radius 2 is 2.50 bits per heavy atom. The highest BCUT2D eigenvalue weighted by Crippen LogP contribution is 2.18. The standard InChI is InChI=1S/C11H16N2O/c1-3-5-6-7-11(14)10-8-12-9-13(10)4-2/h1,8-9,11,14H,4-7H2,2H3. The summed E-state index contributed by atoms with van der Waals surface area (Å²) in [5.74, 6) is 2.56. The second-order valence-electron chi connectivity index (χ2n) is 3.22. The fraction of sp³-hybridized carbons (Fsp3) is 0.545. The highest BCUT2D eigenvalue weighted by Gasteiger charge is 2.11. The minimum atomic E-state index is -0.439. The van der Waals surface area contributed by atoms with Crippen molar-refractivity contribution in [3.63, 3.8) is 0 Å². The Balaban J connectivity index is 2.52. The van der Waals surface area contributed by atoms with Crippen LogP contribution in [-0.4, -0.2) is 14.7 Å². The summed E-state index contributed by atoms with van der Waals surface area (Å²) >= 11 is 0. The van der Waals surface area contributed by atoms with Gasteiger partial charge in [0.25, 0.3) is 0 Å². The van der Waals surface area contributed by atoms with Crippen molar-refractivity contribution in [3.8, 4) is 12.3 Å². The van der Waals surface area contributed by atoms with Gasteiger partial charge in [-0.25, -0.2) is 4.98 Å². The monoisotopic (exact) mass is 192 g/mol. The zero-order chi connectivity index (χ0) is 10.4. The van der Waals surface area contributed by atoms with Crippen molar-refractivity contribution < 1.29 is 5.11 Å². The van der Waals surface area contributed by atoms with E-state index < -0.39 is 6.10 Å². The Hall–Kier alpha value is -1.27. The minimum absolute atomic E-state index is 0.439. The molecule has 0 aliphatic rings. The zero-order valence-electron chi connectivity index (χ0n) is 8.48. The van der Waals surface area contributed by atoms with Crippen LogP contribution in [-0.2, 0) is 6.54 Å². The molecule has 76 valence electrons. The summed E-state index contributed by atoms with van der Waals surface area (Å²) in [5.41, 5.74) is 0.879. The summed E-state index contributed by atoms with van der Waals surface area (Å²) in [7, 11) is 0. The molecular weight excluding hydrogens is 176 g/mol. The molecule has 0 radical (unpaired) electrons. The van der Waals surface area contributed by atoms with Crippen molar-refractivity contribution in [2.75, 3.05) is 0 Å². The van der Waals surface area contributed by atoms with Gasteiger partial charge in [0.2, 0.25) is 0 Å². The summed E-state index contributed by atoms with van der Waals surface area (Å²) in [4.78, 5) is 4.00. The van der Waals surface area contributed by atoms with E-state index in [0.29, 0.717) is 6.42 Å². The van der Waals surface area contributed by atoms with Gasteiger partial charge in [-0.15, -0.1) is 12.3 Å². The van der Waals surface area contributed by atoms with E-state index >= 15 is 0 Å². The summed E-state index contributed by atoms with van der Waals surface area (Å²) in [5, 5.41) is 9.82. The van der Waals surface area contributed by atoms with Crippen LogP contribution < -0.4 is 0 Å². The number of terminal acetylenes is 1. The van der Waals surface area contributed by atoms with Crippen molar-refractivity contribution >= 4 is 0 Å². The molecule has 1 N–H and O–H groups in total. The van der Waals surface area contributed by atoms with Crippen molar-refractivity contribution in [2.24, 2.45) is 0 Å². The average Bonchev–Trinajstić information content (AvgIpc) is 2.65. The maximum absolute atomic E-state index is 9.82. The quantitative estimate of drug-likeness (QED) is 0.570. The van der Waals surface area contributed by atoms with E-state index in [2.05, 4.69) is 10.9 Å². The number of aryl methyl sites for hydroxylation is 1. The predicted molar refractivity (Wildman–Crippen MR) is 55.5 cm³/mol. The number of nitrogens with zero attached hydrogens (tertiary/aromatic N) is 2. The van der Waals surface area contributed by atoms with E-state index in [0.717, 1.165) is 25.1 Å². The van der Waals surface area contributed by atoms with Gasteiger partial charge in [0.05, 0.1) is 24.3 Å². The van der Waals surface area contributed by atoms with Crippen LogP contribution in [0, 0.1) is 12.3 Å². The summed E-state index contributed by atoms with van der Waals surface area (Å²) in [6.07, 6.45) is 10.4. The Labute approximate surface area is 84.8 Å². The first-order valence-electron chi connectivity index (χ1n) is 4.91. The van der Waals surface area contributed by atoms with Crippen molar-refractivity contribution in [3.05, 3.63) is 18.2 Å². The van der Waals surface area contributed by atoms with Gasteiger partial charge in [-0.05, 0) is 19.8 Å². The Morgan fingerprint density at radius 1 is 1.71 bits per heavy atom. The summed E-state index contributed by atoms with van der Waals surface area (Å²) in [6, 6.07) is 0. The first-order valence-corrected chi connectivity index (χ1v) is 4.91. The van der Waals surface area contributed by atoms with Gasteiger partial charge in [0.1, 0.15) is 0 Å². The van der Waals surface area contributed by atoms with E-state index in [-0.39, 0.29) is 0 Å². The lowest BCUT2D eigenvalue weighted by molar-refractivity contribution is 0.156. The number of aromatic nitrogens is 2. The van der Waals surface area contributed by atoms with Crippen molar-refractivity contribution in [1.82, 2.24) is 9.55 Å². The SMILES string of the molecule is C#CCCCC(O)c1cncn1CC. The van der Waals surface area contributed by atoms with Crippen LogP contribution in [0.2, 0.25) is 0 Å². The van der Waals surface area contributed by atoms with Gasteiger partial charge in [0.15, 0.2) is 0 Å². The molecule has 1 unspecified atom stereocenters. The number of hydrogen-bond donors (Lipinski definition) is 1. The molecule has 1 rings (SSSR count). The molecule has 0 fully saturated rings. The van der Waals surface area contributed by atoms with E-state index in [9.17, 15) is 5.11 Å². The minimum Gasteiger partial charge on any atom is -0.387 e. The Kier molecular flexibility index (Phi) is 4.21. The molecule has 1 aromatic heterocycles. The lowest BCUT2D eigenvalue weighted by Gasteiger charge is -2.11. The number of rotatable bonds is 5. The average molecular weight is 192 g/mol. The topological polar surface area (TPSA) is 38.1 Å². The van der Waals surface area contributed by atoms with Crippen molar-refractivity contribution in [2.45, 2.75) is 38.8 Å². The third-order valence-corrected chi connectivity index (χ3v) is 2.23. The number of imidazole rings is 1. The number of aliphatic hydroxyl groups is 1. The van der Waals surface area contributed by atoms with Crippen LogP contribution in [0.25, 0.3) is 0 Å². The van der Waals surface area contributed by atoms with E-state index in [1.165, 1.54) is 0 Å². The Morgan fingerprint density at radius 3 is 3.14 bits per heavy atom. The fourth-order valence-electron chi connectivity index (χ4n) is 1.42. The van der Waals surface area contributed by atoms with Crippen LogP contribution in [0.15, 0.2) is 12.5 Å². The summed E-state index contributed by atoms with van der Waals surface area (Å²) < 4.78 is 1.94. The molecule has 0 bridgehead atoms. The number of aliphatic hydroxyl groups excluding tert-OH is 1. The molecule has 3 heteroatoms. The third-order valence-electron chi connectivity index (χ3n) is 2.23. The molecule has 3 nitrogen and oxygen atoms in total. The van der Waals surface area contributed by atoms with Crippen LogP contribution in [0.1, 0.15) is 38.0 Å². The predicted octanol–water partition coefficient (Wildman–Crippen LogP) is 1.74. The molecule has 0 saturated carbocycles. The van der Waals surface area contributed by atoms with Crippen LogP contribution in [0.5, 0.6) is 0 Å². The first-order chi connectivity index (χ1) is 6.79. The second kappa shape index (κ2) is 5.46. The number of unbranched alkanes of at least 4 members (excludes halogenated alkanes) is 1. The van der Waals surface area contributed by atoms with Gasteiger partial charge >= 0.3 is 0 Å². The molecule has 1 heterocycles. The molecule has 14 heavy (non-hydrogen) atoms. The second-order valence-corrected chi connectivity index (χ2v) is 3.22. The fourth-order valence-corrected chi connectivity index (χ4v) is 1.42. The summed E-state index contributed by atoms with van der Waals surface area (Å²) in [6.45, 7) is 2.86. The van der Waals surface area contributed by atoms with Crippen LogP contribution >= 0.6 is 0 Å². The van der Waals surface area contributed by atoms with Crippen LogP contribution in [0.4, 0.5) is 0 Å². The normalized spacial score (nSPS) is 12.4. The smallest absolute Gasteiger partial charge is 0.0956 e. The molecule has 0 amide bonds. The molecule has 0 aliphatic carbocycles. The highest BCUT2D eigenvalue weighted by atomic mass is 16.3.